The normalized spacial score (nSPS) is 17.3. The molecular formula is C10H12Cl2IN3. The predicted molar refractivity (Wildman–Crippen MR) is 75.5 cm³/mol. The Morgan fingerprint density at radius 1 is 0.938 bits per heavy atom. The Kier molecular flexibility index (Phi) is 4.49. The van der Waals surface area contributed by atoms with Crippen LogP contribution in [0, 0.1) is 3.57 Å². The van der Waals surface area contributed by atoms with Crippen molar-refractivity contribution in [2.45, 2.75) is 25.7 Å². The Balaban J connectivity index is 2.25. The van der Waals surface area contributed by atoms with E-state index in [0.717, 1.165) is 16.7 Å². The molecule has 1 aliphatic heterocycles. The van der Waals surface area contributed by atoms with E-state index in [0.29, 0.717) is 16.3 Å². The highest BCUT2D eigenvalue weighted by Crippen LogP contribution is 2.26. The number of hydrogen-bond acceptors (Lipinski definition) is 3. The molecule has 0 atom stereocenters. The van der Waals surface area contributed by atoms with Gasteiger partial charge in [-0.15, -0.1) is 0 Å². The molecule has 0 radical (unpaired) electrons. The highest BCUT2D eigenvalue weighted by atomic mass is 127. The molecule has 0 aliphatic carbocycles. The van der Waals surface area contributed by atoms with E-state index in [9.17, 15) is 0 Å². The largest absolute Gasteiger partial charge is 0.341 e. The minimum Gasteiger partial charge on any atom is -0.341 e. The molecule has 3 nitrogen and oxygen atoms in total. The van der Waals surface area contributed by atoms with Crippen molar-refractivity contribution in [3.05, 3.63) is 13.9 Å². The van der Waals surface area contributed by atoms with Gasteiger partial charge in [0.2, 0.25) is 5.95 Å². The molecule has 2 rings (SSSR count). The van der Waals surface area contributed by atoms with Gasteiger partial charge in [0.15, 0.2) is 0 Å². The van der Waals surface area contributed by atoms with Crippen molar-refractivity contribution in [1.82, 2.24) is 9.97 Å². The van der Waals surface area contributed by atoms with Gasteiger partial charge in [0, 0.05) is 13.1 Å². The van der Waals surface area contributed by atoms with E-state index in [1.165, 1.54) is 25.7 Å². The van der Waals surface area contributed by atoms with Crippen molar-refractivity contribution in [1.29, 1.82) is 0 Å². The molecule has 88 valence electrons. The number of halogens is 3. The van der Waals surface area contributed by atoms with Gasteiger partial charge in [-0.25, -0.2) is 0 Å². The van der Waals surface area contributed by atoms with E-state index in [1.807, 2.05) is 0 Å². The fourth-order valence-electron chi connectivity index (χ4n) is 1.80. The maximum Gasteiger partial charge on any atom is 0.228 e. The highest BCUT2D eigenvalue weighted by molar-refractivity contribution is 14.1. The molecule has 0 amide bonds. The summed E-state index contributed by atoms with van der Waals surface area (Å²) in [7, 11) is 0. The van der Waals surface area contributed by atoms with Crippen LogP contribution in [0.5, 0.6) is 0 Å². The molecule has 0 spiro atoms. The molecule has 16 heavy (non-hydrogen) atoms. The van der Waals surface area contributed by atoms with E-state index < -0.39 is 0 Å². The lowest BCUT2D eigenvalue weighted by Crippen LogP contribution is -2.26. The topological polar surface area (TPSA) is 29.0 Å². The number of hydrogen-bond donors (Lipinski definition) is 0. The van der Waals surface area contributed by atoms with Gasteiger partial charge < -0.3 is 4.90 Å². The first-order valence-electron chi connectivity index (χ1n) is 5.32. The summed E-state index contributed by atoms with van der Waals surface area (Å²) in [5.74, 6) is 0.664. The second-order valence-corrected chi connectivity index (χ2v) is 5.62. The zero-order valence-electron chi connectivity index (χ0n) is 8.72. The molecule has 1 aliphatic rings. The van der Waals surface area contributed by atoms with Crippen LogP contribution in [-0.4, -0.2) is 23.1 Å². The minimum absolute atomic E-state index is 0.444. The van der Waals surface area contributed by atoms with Crippen molar-refractivity contribution in [2.75, 3.05) is 18.0 Å². The van der Waals surface area contributed by atoms with Crippen LogP contribution in [0.4, 0.5) is 5.95 Å². The SMILES string of the molecule is Clc1nc(N2CCCCCC2)nc(Cl)c1I. The zero-order chi connectivity index (χ0) is 11.5. The molecule has 1 aromatic heterocycles. The molecule has 0 bridgehead atoms. The second-order valence-electron chi connectivity index (χ2n) is 3.82. The molecule has 0 saturated carbocycles. The lowest BCUT2D eigenvalue weighted by atomic mass is 10.2. The number of nitrogens with zero attached hydrogens (tertiary/aromatic N) is 3. The fourth-order valence-corrected chi connectivity index (χ4v) is 2.42. The first-order chi connectivity index (χ1) is 7.68. The molecule has 1 fully saturated rings. The van der Waals surface area contributed by atoms with Crippen LogP contribution < -0.4 is 4.90 Å². The summed E-state index contributed by atoms with van der Waals surface area (Å²) in [5, 5.41) is 0.889. The minimum atomic E-state index is 0.444. The van der Waals surface area contributed by atoms with Crippen molar-refractivity contribution in [2.24, 2.45) is 0 Å². The second kappa shape index (κ2) is 5.69. The molecule has 0 N–H and O–H groups in total. The number of aromatic nitrogens is 2. The lowest BCUT2D eigenvalue weighted by Gasteiger charge is -2.20. The van der Waals surface area contributed by atoms with Crippen molar-refractivity contribution in [3.63, 3.8) is 0 Å². The zero-order valence-corrected chi connectivity index (χ0v) is 12.4. The van der Waals surface area contributed by atoms with Crippen LogP contribution in [0.25, 0.3) is 0 Å². The molecule has 1 aromatic rings. The van der Waals surface area contributed by atoms with Crippen LogP contribution in [0.3, 0.4) is 0 Å². The van der Waals surface area contributed by atoms with Crippen LogP contribution in [-0.2, 0) is 0 Å². The summed E-state index contributed by atoms with van der Waals surface area (Å²) >= 11 is 14.1. The summed E-state index contributed by atoms with van der Waals surface area (Å²) in [6, 6.07) is 0. The third-order valence-corrected chi connectivity index (χ3v) is 4.85. The summed E-state index contributed by atoms with van der Waals surface area (Å²) < 4.78 is 0.722. The average molecular weight is 372 g/mol. The van der Waals surface area contributed by atoms with Crippen molar-refractivity contribution >= 4 is 51.7 Å². The van der Waals surface area contributed by atoms with Gasteiger partial charge in [-0.3, -0.25) is 0 Å². The van der Waals surface area contributed by atoms with Gasteiger partial charge in [-0.1, -0.05) is 36.0 Å². The Hall–Kier alpha value is 0.190. The van der Waals surface area contributed by atoms with E-state index in [2.05, 4.69) is 37.5 Å². The third-order valence-electron chi connectivity index (χ3n) is 2.65. The van der Waals surface area contributed by atoms with Crippen molar-refractivity contribution < 1.29 is 0 Å². The predicted octanol–water partition coefficient (Wildman–Crippen LogP) is 3.77. The standard InChI is InChI=1S/C10H12Cl2IN3/c11-8-7(13)9(12)15-10(14-8)16-5-3-1-2-4-6-16/h1-6H2. The average Bonchev–Trinajstić information content (AvgIpc) is 2.53. The molecule has 1 saturated heterocycles. The first kappa shape index (κ1) is 12.6. The Labute approximate surface area is 119 Å². The first-order valence-corrected chi connectivity index (χ1v) is 7.15. The monoisotopic (exact) mass is 371 g/mol. The summed E-state index contributed by atoms with van der Waals surface area (Å²) in [6.07, 6.45) is 4.93. The van der Waals surface area contributed by atoms with Gasteiger partial charge in [0.25, 0.3) is 0 Å². The van der Waals surface area contributed by atoms with E-state index in [-0.39, 0.29) is 0 Å². The summed E-state index contributed by atoms with van der Waals surface area (Å²) in [4.78, 5) is 10.7. The molecule has 0 aromatic carbocycles. The quantitative estimate of drug-likeness (QED) is 0.555. The number of rotatable bonds is 1. The smallest absolute Gasteiger partial charge is 0.228 e. The Bertz CT molecular complexity index is 355. The van der Waals surface area contributed by atoms with E-state index in [4.69, 9.17) is 23.2 Å². The maximum atomic E-state index is 6.01. The van der Waals surface area contributed by atoms with Crippen LogP contribution in [0.2, 0.25) is 10.3 Å². The summed E-state index contributed by atoms with van der Waals surface area (Å²) in [5.41, 5.74) is 0. The van der Waals surface area contributed by atoms with Crippen LogP contribution in [0.15, 0.2) is 0 Å². The van der Waals surface area contributed by atoms with Gasteiger partial charge in [-0.2, -0.15) is 9.97 Å². The molecular weight excluding hydrogens is 360 g/mol. The van der Waals surface area contributed by atoms with E-state index >= 15 is 0 Å². The van der Waals surface area contributed by atoms with E-state index in [1.54, 1.807) is 0 Å². The van der Waals surface area contributed by atoms with Gasteiger partial charge in [-0.05, 0) is 35.4 Å². The van der Waals surface area contributed by atoms with Crippen LogP contribution >= 0.6 is 45.8 Å². The molecule has 0 unspecified atom stereocenters. The van der Waals surface area contributed by atoms with Gasteiger partial charge >= 0.3 is 0 Å². The van der Waals surface area contributed by atoms with Crippen molar-refractivity contribution in [3.8, 4) is 0 Å². The highest BCUT2D eigenvalue weighted by Gasteiger charge is 2.16. The Morgan fingerprint density at radius 3 is 1.94 bits per heavy atom. The Morgan fingerprint density at radius 2 is 1.44 bits per heavy atom. The summed E-state index contributed by atoms with van der Waals surface area (Å²) in [6.45, 7) is 1.99. The van der Waals surface area contributed by atoms with Gasteiger partial charge in [0.05, 0.1) is 3.57 Å². The maximum absolute atomic E-state index is 6.01. The number of anilines is 1. The fraction of sp³-hybridized carbons (Fsp3) is 0.600. The molecule has 6 heteroatoms. The third kappa shape index (κ3) is 2.90. The van der Waals surface area contributed by atoms with Gasteiger partial charge in [0.1, 0.15) is 10.3 Å². The molecule has 2 heterocycles. The lowest BCUT2D eigenvalue weighted by molar-refractivity contribution is 0.726. The van der Waals surface area contributed by atoms with Crippen LogP contribution in [0.1, 0.15) is 25.7 Å².